The van der Waals surface area contributed by atoms with E-state index in [9.17, 15) is 0 Å². The van der Waals surface area contributed by atoms with Crippen molar-refractivity contribution in [2.45, 2.75) is 65.7 Å². The van der Waals surface area contributed by atoms with Gasteiger partial charge in [-0.3, -0.25) is 0 Å². The van der Waals surface area contributed by atoms with Gasteiger partial charge in [-0.2, -0.15) is 0 Å². The van der Waals surface area contributed by atoms with Crippen LogP contribution in [0.3, 0.4) is 0 Å². The Kier molecular flexibility index (Phi) is 5.82. The second kappa shape index (κ2) is 6.64. The number of rotatable bonds is 5. The van der Waals surface area contributed by atoms with Crippen LogP contribution in [0.2, 0.25) is 0 Å². The second-order valence-electron chi connectivity index (χ2n) is 6.16. The van der Waals surface area contributed by atoms with E-state index >= 15 is 0 Å². The average Bonchev–Trinajstić information content (AvgIpc) is 2.50. The monoisotopic (exact) mass is 225 g/mol. The maximum Gasteiger partial charge on any atom is -0.00466 e. The molecule has 0 radical (unpaired) electrons. The van der Waals surface area contributed by atoms with Crippen LogP contribution in [0.5, 0.6) is 0 Å². The van der Waals surface area contributed by atoms with Gasteiger partial charge in [-0.05, 0) is 50.1 Å². The zero-order valence-electron chi connectivity index (χ0n) is 11.8. The maximum absolute atomic E-state index is 3.34. The molecule has 0 aromatic rings. The van der Waals surface area contributed by atoms with Gasteiger partial charge in [0.25, 0.3) is 0 Å². The van der Waals surface area contributed by atoms with Crippen molar-refractivity contribution >= 4 is 0 Å². The molecule has 0 bridgehead atoms. The quantitative estimate of drug-likeness (QED) is 0.691. The molecule has 1 saturated carbocycles. The third-order valence-corrected chi connectivity index (χ3v) is 4.83. The van der Waals surface area contributed by atoms with Crippen molar-refractivity contribution < 1.29 is 0 Å². The van der Waals surface area contributed by atoms with Crippen molar-refractivity contribution in [3.63, 3.8) is 0 Å². The first-order chi connectivity index (χ1) is 7.63. The minimum Gasteiger partial charge on any atom is -0.320 e. The summed E-state index contributed by atoms with van der Waals surface area (Å²) < 4.78 is 0. The number of hydrogen-bond donors (Lipinski definition) is 1. The van der Waals surface area contributed by atoms with Gasteiger partial charge in [0.1, 0.15) is 0 Å². The first kappa shape index (κ1) is 14.0. The molecule has 0 spiro atoms. The lowest BCUT2D eigenvalue weighted by Gasteiger charge is -2.35. The summed E-state index contributed by atoms with van der Waals surface area (Å²) in [4.78, 5) is 0. The molecule has 1 N–H and O–H groups in total. The Hall–Kier alpha value is -0.0400. The van der Waals surface area contributed by atoms with Crippen LogP contribution in [-0.2, 0) is 0 Å². The SMILES string of the molecule is CCC1(CCNC)CCCCC(C(C)C)C1. The minimum atomic E-state index is 0.647. The molecule has 0 amide bonds. The smallest absolute Gasteiger partial charge is 0.00466 e. The molecule has 2 atom stereocenters. The van der Waals surface area contributed by atoms with Gasteiger partial charge in [0, 0.05) is 0 Å². The van der Waals surface area contributed by atoms with Crippen molar-refractivity contribution in [1.29, 1.82) is 0 Å². The van der Waals surface area contributed by atoms with Crippen LogP contribution in [0.25, 0.3) is 0 Å². The molecule has 0 aromatic carbocycles. The molecule has 1 aliphatic rings. The van der Waals surface area contributed by atoms with Gasteiger partial charge in [0.05, 0.1) is 0 Å². The summed E-state index contributed by atoms with van der Waals surface area (Å²) in [6.45, 7) is 8.42. The molecule has 1 fully saturated rings. The first-order valence-electron chi connectivity index (χ1n) is 7.28. The fourth-order valence-corrected chi connectivity index (χ4v) is 3.35. The standard InChI is InChI=1S/C15H31N/c1-5-15(10-11-16-4)9-7-6-8-14(12-15)13(2)3/h13-14,16H,5-12H2,1-4H3. The summed E-state index contributed by atoms with van der Waals surface area (Å²) in [6, 6.07) is 0. The Bertz CT molecular complexity index is 188. The van der Waals surface area contributed by atoms with E-state index in [1.165, 1.54) is 51.5 Å². The lowest BCUT2D eigenvalue weighted by atomic mass is 9.71. The summed E-state index contributed by atoms with van der Waals surface area (Å²) in [5, 5.41) is 3.34. The zero-order chi connectivity index (χ0) is 12.0. The van der Waals surface area contributed by atoms with Gasteiger partial charge >= 0.3 is 0 Å². The highest BCUT2D eigenvalue weighted by Gasteiger charge is 2.33. The van der Waals surface area contributed by atoms with Crippen molar-refractivity contribution in [2.75, 3.05) is 13.6 Å². The minimum absolute atomic E-state index is 0.647. The van der Waals surface area contributed by atoms with Crippen LogP contribution in [0.1, 0.15) is 65.7 Å². The van der Waals surface area contributed by atoms with Gasteiger partial charge in [0.2, 0.25) is 0 Å². The predicted molar refractivity (Wildman–Crippen MR) is 72.7 cm³/mol. The predicted octanol–water partition coefficient (Wildman–Crippen LogP) is 4.23. The lowest BCUT2D eigenvalue weighted by molar-refractivity contribution is 0.162. The van der Waals surface area contributed by atoms with Crippen molar-refractivity contribution in [2.24, 2.45) is 17.3 Å². The molecule has 96 valence electrons. The van der Waals surface area contributed by atoms with Crippen molar-refractivity contribution in [3.8, 4) is 0 Å². The Balaban J connectivity index is 2.65. The van der Waals surface area contributed by atoms with Crippen LogP contribution >= 0.6 is 0 Å². The maximum atomic E-state index is 3.34. The van der Waals surface area contributed by atoms with Gasteiger partial charge in [-0.1, -0.05) is 46.5 Å². The van der Waals surface area contributed by atoms with Gasteiger partial charge in [0.15, 0.2) is 0 Å². The topological polar surface area (TPSA) is 12.0 Å². The molecular weight excluding hydrogens is 194 g/mol. The molecule has 1 heteroatoms. The van der Waals surface area contributed by atoms with Crippen LogP contribution in [0, 0.1) is 17.3 Å². The highest BCUT2D eigenvalue weighted by Crippen LogP contribution is 2.44. The molecule has 0 aliphatic heterocycles. The Morgan fingerprint density at radius 2 is 2.06 bits per heavy atom. The van der Waals surface area contributed by atoms with Gasteiger partial charge in [-0.15, -0.1) is 0 Å². The molecule has 0 heterocycles. The third kappa shape index (κ3) is 3.76. The molecular formula is C15H31N. The van der Waals surface area contributed by atoms with E-state index in [2.05, 4.69) is 33.1 Å². The molecule has 2 unspecified atom stereocenters. The zero-order valence-corrected chi connectivity index (χ0v) is 11.8. The Labute approximate surface area is 102 Å². The third-order valence-electron chi connectivity index (χ3n) is 4.83. The van der Waals surface area contributed by atoms with Crippen LogP contribution < -0.4 is 5.32 Å². The van der Waals surface area contributed by atoms with E-state index in [-0.39, 0.29) is 0 Å². The first-order valence-corrected chi connectivity index (χ1v) is 7.28. The second-order valence-corrected chi connectivity index (χ2v) is 6.16. The van der Waals surface area contributed by atoms with E-state index < -0.39 is 0 Å². The van der Waals surface area contributed by atoms with E-state index in [0.29, 0.717) is 5.41 Å². The van der Waals surface area contributed by atoms with E-state index in [1.807, 2.05) is 0 Å². The highest BCUT2D eigenvalue weighted by molar-refractivity contribution is 4.85. The normalized spacial score (nSPS) is 31.7. The van der Waals surface area contributed by atoms with E-state index in [0.717, 1.165) is 11.8 Å². The number of nitrogens with one attached hydrogen (secondary N) is 1. The van der Waals surface area contributed by atoms with Crippen LogP contribution in [0.4, 0.5) is 0 Å². The van der Waals surface area contributed by atoms with Gasteiger partial charge in [-0.25, -0.2) is 0 Å². The fraction of sp³-hybridized carbons (Fsp3) is 1.00. The van der Waals surface area contributed by atoms with E-state index in [1.54, 1.807) is 0 Å². The summed E-state index contributed by atoms with van der Waals surface area (Å²) in [6.07, 6.45) is 10.1. The Morgan fingerprint density at radius 1 is 1.31 bits per heavy atom. The molecule has 1 aliphatic carbocycles. The lowest BCUT2D eigenvalue weighted by Crippen LogP contribution is -2.28. The van der Waals surface area contributed by atoms with Crippen molar-refractivity contribution in [1.82, 2.24) is 5.32 Å². The summed E-state index contributed by atoms with van der Waals surface area (Å²) in [7, 11) is 2.08. The summed E-state index contributed by atoms with van der Waals surface area (Å²) in [5.41, 5.74) is 0.647. The van der Waals surface area contributed by atoms with E-state index in [4.69, 9.17) is 0 Å². The summed E-state index contributed by atoms with van der Waals surface area (Å²) in [5.74, 6) is 1.85. The summed E-state index contributed by atoms with van der Waals surface area (Å²) >= 11 is 0. The average molecular weight is 225 g/mol. The fourth-order valence-electron chi connectivity index (χ4n) is 3.35. The van der Waals surface area contributed by atoms with Crippen molar-refractivity contribution in [3.05, 3.63) is 0 Å². The van der Waals surface area contributed by atoms with Gasteiger partial charge < -0.3 is 5.32 Å². The van der Waals surface area contributed by atoms with Crippen LogP contribution in [-0.4, -0.2) is 13.6 Å². The van der Waals surface area contributed by atoms with Crippen LogP contribution in [0.15, 0.2) is 0 Å². The molecule has 0 saturated heterocycles. The highest BCUT2D eigenvalue weighted by atomic mass is 14.8. The number of hydrogen-bond acceptors (Lipinski definition) is 1. The molecule has 0 aromatic heterocycles. The molecule has 1 rings (SSSR count). The largest absolute Gasteiger partial charge is 0.320 e. The Morgan fingerprint density at radius 3 is 2.62 bits per heavy atom. The molecule has 1 nitrogen and oxygen atoms in total. The molecule has 16 heavy (non-hydrogen) atoms.